The maximum atomic E-state index is 13.8. The van der Waals surface area contributed by atoms with E-state index in [-0.39, 0.29) is 59.0 Å². The van der Waals surface area contributed by atoms with E-state index >= 15 is 0 Å². The van der Waals surface area contributed by atoms with E-state index in [0.717, 1.165) is 0 Å². The third kappa shape index (κ3) is 6.10. The second-order valence-corrected chi connectivity index (χ2v) is 11.2. The molecule has 0 spiro atoms. The van der Waals surface area contributed by atoms with Gasteiger partial charge in [-0.3, -0.25) is 9.59 Å². The molecule has 13 heteroatoms. The van der Waals surface area contributed by atoms with E-state index in [1.807, 2.05) is 0 Å². The number of methoxy groups -OCH3 is 1. The number of nitrogens with two attached hydrogens (primary N) is 1. The lowest BCUT2D eigenvalue weighted by Crippen LogP contribution is -2.68. The largest absolute Gasteiger partial charge is 0.507 e. The molecule has 2 heterocycles. The Bertz CT molecular complexity index is 1590. The van der Waals surface area contributed by atoms with Gasteiger partial charge in [0, 0.05) is 30.0 Å². The Balaban J connectivity index is 1.45. The van der Waals surface area contributed by atoms with E-state index in [9.17, 15) is 35.1 Å². The van der Waals surface area contributed by atoms with Crippen LogP contribution in [0.5, 0.6) is 17.2 Å². The summed E-state index contributed by atoms with van der Waals surface area (Å²) in [5, 5.41) is 63.6. The van der Waals surface area contributed by atoms with Crippen LogP contribution in [0, 0.1) is 0 Å². The zero-order valence-corrected chi connectivity index (χ0v) is 24.5. The Hall–Kier alpha value is -4.11. The average molecular weight is 625 g/mol. The fourth-order valence-electron chi connectivity index (χ4n) is 5.89. The van der Waals surface area contributed by atoms with Crippen LogP contribution in [-0.4, -0.2) is 97.7 Å². The first-order valence-electron chi connectivity index (χ1n) is 14.5. The predicted octanol–water partition coefficient (Wildman–Crippen LogP) is 0.650. The van der Waals surface area contributed by atoms with Crippen molar-refractivity contribution in [2.45, 2.75) is 62.3 Å². The van der Waals surface area contributed by atoms with Gasteiger partial charge in [0.15, 0.2) is 5.78 Å². The lowest BCUT2D eigenvalue weighted by atomic mass is 9.80. The highest BCUT2D eigenvalue weighted by molar-refractivity contribution is 6.30. The van der Waals surface area contributed by atoms with E-state index in [2.05, 4.69) is 4.98 Å². The molecule has 8 N–H and O–H groups in total. The lowest BCUT2D eigenvalue weighted by molar-refractivity contribution is -0.314. The molecule has 13 nitrogen and oxygen atoms in total. The predicted molar refractivity (Wildman–Crippen MR) is 158 cm³/mol. The molecular formula is C32H36N2O11. The van der Waals surface area contributed by atoms with Gasteiger partial charge >= 0.3 is 0 Å². The number of carbonyl (C=O) groups excluding carboxylic acids is 2. The highest BCUT2D eigenvalue weighted by Crippen LogP contribution is 2.42. The molecule has 1 aliphatic carbocycles. The van der Waals surface area contributed by atoms with Crippen LogP contribution in [-0.2, 0) is 17.6 Å². The fourth-order valence-corrected chi connectivity index (χ4v) is 5.89. The Labute approximate surface area is 258 Å². The van der Waals surface area contributed by atoms with E-state index in [1.54, 1.807) is 12.1 Å². The van der Waals surface area contributed by atoms with Crippen LogP contribution in [0.4, 0.5) is 5.82 Å². The average Bonchev–Trinajstić information content (AvgIpc) is 3.02. The number of rotatable bonds is 11. The minimum absolute atomic E-state index is 0.000218. The number of ketones is 2. The molecule has 2 aromatic carbocycles. The smallest absolute Gasteiger partial charge is 0.229 e. The molecule has 1 saturated heterocycles. The van der Waals surface area contributed by atoms with Gasteiger partial charge in [0.05, 0.1) is 24.8 Å². The number of carbonyl (C=O) groups is 2. The van der Waals surface area contributed by atoms with Crippen molar-refractivity contribution in [3.05, 3.63) is 76.0 Å². The van der Waals surface area contributed by atoms with E-state index < -0.39 is 54.1 Å². The Morgan fingerprint density at radius 2 is 1.73 bits per heavy atom. The summed E-state index contributed by atoms with van der Waals surface area (Å²) < 4.78 is 17.0. The summed E-state index contributed by atoms with van der Waals surface area (Å²) in [5.74, 6) is -1.56. The number of pyridine rings is 1. The Kier molecular flexibility index (Phi) is 9.39. The number of aliphatic hydroxyl groups is 5. The van der Waals surface area contributed by atoms with Crippen LogP contribution in [0.3, 0.4) is 0 Å². The number of hydrogen-bond donors (Lipinski definition) is 7. The number of phenols is 1. The van der Waals surface area contributed by atoms with Gasteiger partial charge in [-0.15, -0.1) is 0 Å². The van der Waals surface area contributed by atoms with Crippen molar-refractivity contribution < 1.29 is 54.4 Å². The van der Waals surface area contributed by atoms with Crippen molar-refractivity contribution in [1.29, 1.82) is 0 Å². The standard InChI is InChI=1S/C32H36N2O11/c1-43-18-13-20-26(28(39)25-19(27(20)38)10-17(11-21(25)37)4-2-3-9-35)22(14-18)44-31-29(40)30(41)32(42,23(15-36)45-31)7-5-16-6-8-34-24(33)12-16/h6,8,10-14,23,29-31,35-37,40-42H,2-5,7,9,15H2,1H3,(H2,33,34). The Morgan fingerprint density at radius 3 is 2.42 bits per heavy atom. The molecule has 1 aliphatic heterocycles. The van der Waals surface area contributed by atoms with Gasteiger partial charge in [0.1, 0.15) is 47.0 Å². The molecule has 5 atom stereocenters. The molecular weight excluding hydrogens is 588 g/mol. The van der Waals surface area contributed by atoms with Crippen LogP contribution in [0.15, 0.2) is 42.6 Å². The first-order chi connectivity index (χ1) is 21.5. The van der Waals surface area contributed by atoms with Gasteiger partial charge in [0.25, 0.3) is 0 Å². The van der Waals surface area contributed by atoms with Gasteiger partial charge in [-0.25, -0.2) is 4.98 Å². The first kappa shape index (κ1) is 32.3. The van der Waals surface area contributed by atoms with Crippen molar-refractivity contribution in [2.75, 3.05) is 26.1 Å². The van der Waals surface area contributed by atoms with Crippen molar-refractivity contribution in [3.63, 3.8) is 0 Å². The second-order valence-electron chi connectivity index (χ2n) is 11.2. The van der Waals surface area contributed by atoms with E-state index in [4.69, 9.17) is 25.1 Å². The fraction of sp³-hybridized carbons (Fsp3) is 0.406. The minimum atomic E-state index is -2.11. The molecule has 5 rings (SSSR count). The first-order valence-corrected chi connectivity index (χ1v) is 14.5. The van der Waals surface area contributed by atoms with Crippen molar-refractivity contribution in [3.8, 4) is 17.2 Å². The zero-order chi connectivity index (χ0) is 32.5. The molecule has 240 valence electrons. The van der Waals surface area contributed by atoms with Gasteiger partial charge < -0.3 is 50.6 Å². The summed E-state index contributed by atoms with van der Waals surface area (Å²) in [6.07, 6.45) is -3.68. The van der Waals surface area contributed by atoms with Crippen molar-refractivity contribution in [1.82, 2.24) is 4.98 Å². The van der Waals surface area contributed by atoms with Gasteiger partial charge in [0.2, 0.25) is 12.1 Å². The van der Waals surface area contributed by atoms with Crippen LogP contribution >= 0.6 is 0 Å². The molecule has 1 aromatic heterocycles. The normalized spacial score (nSPS) is 24.2. The van der Waals surface area contributed by atoms with E-state index in [0.29, 0.717) is 30.4 Å². The van der Waals surface area contributed by atoms with Crippen LogP contribution < -0.4 is 15.2 Å². The topological polar surface area (TPSA) is 222 Å². The summed E-state index contributed by atoms with van der Waals surface area (Å²) in [6.45, 7) is -0.756. The highest BCUT2D eigenvalue weighted by Gasteiger charge is 2.55. The number of aliphatic hydroxyl groups excluding tert-OH is 4. The molecule has 1 fully saturated rings. The van der Waals surface area contributed by atoms with Gasteiger partial charge in [-0.1, -0.05) is 0 Å². The number of unbranched alkanes of at least 4 members (excludes halogenated alkanes) is 1. The number of aromatic nitrogens is 1. The quantitative estimate of drug-likeness (QED) is 0.114. The minimum Gasteiger partial charge on any atom is -0.507 e. The third-order valence-electron chi connectivity index (χ3n) is 8.34. The highest BCUT2D eigenvalue weighted by atomic mass is 16.7. The number of anilines is 1. The number of nitrogens with zero attached hydrogens (tertiary/aromatic N) is 1. The molecule has 0 bridgehead atoms. The SMILES string of the molecule is COc1cc(OC2OC(CO)C(O)(CCc3ccnc(N)c3)C(O)C2O)c2c(c1)C(=O)c1cc(CCCCO)cc(O)c1C2=O. The van der Waals surface area contributed by atoms with Crippen molar-refractivity contribution >= 4 is 17.4 Å². The molecule has 5 unspecified atom stereocenters. The summed E-state index contributed by atoms with van der Waals surface area (Å²) in [4.78, 5) is 31.4. The van der Waals surface area contributed by atoms with Crippen LogP contribution in [0.1, 0.15) is 62.2 Å². The number of nitrogen functional groups attached to an aromatic ring is 1. The van der Waals surface area contributed by atoms with Gasteiger partial charge in [-0.2, -0.15) is 0 Å². The summed E-state index contributed by atoms with van der Waals surface area (Å²) in [5.41, 5.74) is 4.40. The molecule has 45 heavy (non-hydrogen) atoms. The molecule has 0 radical (unpaired) electrons. The van der Waals surface area contributed by atoms with Crippen molar-refractivity contribution in [2.24, 2.45) is 0 Å². The zero-order valence-electron chi connectivity index (χ0n) is 24.5. The summed E-state index contributed by atoms with van der Waals surface area (Å²) >= 11 is 0. The number of ether oxygens (including phenoxy) is 3. The number of aryl methyl sites for hydroxylation is 2. The van der Waals surface area contributed by atoms with E-state index in [1.165, 1.54) is 37.6 Å². The number of benzene rings is 2. The summed E-state index contributed by atoms with van der Waals surface area (Å²) in [7, 11) is 1.34. The third-order valence-corrected chi connectivity index (χ3v) is 8.34. The molecule has 0 saturated carbocycles. The maximum Gasteiger partial charge on any atom is 0.229 e. The number of phenolic OH excluding ortho intramolecular Hbond substituents is 1. The van der Waals surface area contributed by atoms with Crippen LogP contribution in [0.25, 0.3) is 0 Å². The molecule has 2 aliphatic rings. The monoisotopic (exact) mass is 624 g/mol. The number of hydrogen-bond acceptors (Lipinski definition) is 13. The second kappa shape index (κ2) is 13.1. The number of fused-ring (bicyclic) bond motifs is 2. The Morgan fingerprint density at radius 1 is 0.978 bits per heavy atom. The van der Waals surface area contributed by atoms with Crippen LogP contribution in [0.2, 0.25) is 0 Å². The molecule has 3 aromatic rings. The maximum absolute atomic E-state index is 13.8. The lowest BCUT2D eigenvalue weighted by Gasteiger charge is -2.47. The molecule has 0 amide bonds. The summed E-state index contributed by atoms with van der Waals surface area (Å²) in [6, 6.07) is 8.84. The van der Waals surface area contributed by atoms with Gasteiger partial charge in [-0.05, 0) is 73.6 Å². The number of aromatic hydroxyl groups is 1.